The number of nitriles is 1. The van der Waals surface area contributed by atoms with Crippen LogP contribution in [0.4, 0.5) is 0 Å². The van der Waals surface area contributed by atoms with Gasteiger partial charge in [-0.25, -0.2) is 4.98 Å². The summed E-state index contributed by atoms with van der Waals surface area (Å²) in [7, 11) is 0. The van der Waals surface area contributed by atoms with Crippen LogP contribution in [0.15, 0.2) is 36.5 Å². The smallest absolute Gasteiger partial charge is 0.231 e. The van der Waals surface area contributed by atoms with Crippen LogP contribution in [0.3, 0.4) is 0 Å². The predicted octanol–water partition coefficient (Wildman–Crippen LogP) is 2.47. The van der Waals surface area contributed by atoms with Gasteiger partial charge in [0.1, 0.15) is 5.75 Å². The van der Waals surface area contributed by atoms with Crippen LogP contribution in [0.5, 0.6) is 23.1 Å². The Balaban J connectivity index is 1.86. The van der Waals surface area contributed by atoms with E-state index in [4.69, 9.17) is 19.5 Å². The topological polar surface area (TPSA) is 64.4 Å². The number of hydrogen-bond donors (Lipinski definition) is 0. The molecule has 5 nitrogen and oxygen atoms in total. The van der Waals surface area contributed by atoms with Crippen molar-refractivity contribution >= 4 is 0 Å². The summed E-state index contributed by atoms with van der Waals surface area (Å²) in [5, 5.41) is 8.79. The Morgan fingerprint density at radius 2 is 2.06 bits per heavy atom. The molecule has 0 N–H and O–H groups in total. The third-order valence-electron chi connectivity index (χ3n) is 2.43. The van der Waals surface area contributed by atoms with Crippen LogP contribution in [-0.2, 0) is 0 Å². The third-order valence-corrected chi connectivity index (χ3v) is 2.43. The summed E-state index contributed by atoms with van der Waals surface area (Å²) >= 11 is 0. The average Bonchev–Trinajstić information content (AvgIpc) is 2.86. The minimum atomic E-state index is 0.223. The molecule has 0 bridgehead atoms. The number of nitrogens with zero attached hydrogens (tertiary/aromatic N) is 2. The first-order chi connectivity index (χ1) is 8.85. The first kappa shape index (κ1) is 10.4. The van der Waals surface area contributed by atoms with Crippen LogP contribution in [0.1, 0.15) is 5.56 Å². The molecule has 1 aliphatic rings. The highest BCUT2D eigenvalue weighted by molar-refractivity contribution is 5.47. The van der Waals surface area contributed by atoms with E-state index in [1.54, 1.807) is 30.3 Å². The second-order valence-electron chi connectivity index (χ2n) is 3.61. The van der Waals surface area contributed by atoms with Crippen molar-refractivity contribution in [1.29, 1.82) is 5.26 Å². The summed E-state index contributed by atoms with van der Waals surface area (Å²) in [5.74, 6) is 2.29. The fraction of sp³-hybridized carbons (Fsp3) is 0.0769. The van der Waals surface area contributed by atoms with Gasteiger partial charge in [-0.2, -0.15) is 5.26 Å². The SMILES string of the molecule is N#Cc1ccnc(Oc2ccc3c(c2)OCO3)c1. The van der Waals surface area contributed by atoms with Crippen molar-refractivity contribution in [2.45, 2.75) is 0 Å². The summed E-state index contributed by atoms with van der Waals surface area (Å²) in [6, 6.07) is 10.5. The molecule has 0 atom stereocenters. The quantitative estimate of drug-likeness (QED) is 0.806. The van der Waals surface area contributed by atoms with E-state index in [-0.39, 0.29) is 6.79 Å². The second kappa shape index (κ2) is 4.26. The Bertz CT molecular complexity index is 634. The lowest BCUT2D eigenvalue weighted by Gasteiger charge is -2.05. The molecule has 2 aromatic rings. The van der Waals surface area contributed by atoms with Gasteiger partial charge in [-0.3, -0.25) is 0 Å². The van der Waals surface area contributed by atoms with Crippen LogP contribution >= 0.6 is 0 Å². The summed E-state index contributed by atoms with van der Waals surface area (Å²) in [6.45, 7) is 0.223. The molecule has 0 saturated heterocycles. The molecule has 0 unspecified atom stereocenters. The van der Waals surface area contributed by atoms with Gasteiger partial charge in [0.05, 0.1) is 11.6 Å². The molecule has 1 aliphatic heterocycles. The van der Waals surface area contributed by atoms with E-state index >= 15 is 0 Å². The molecular formula is C13H8N2O3. The van der Waals surface area contributed by atoms with E-state index in [2.05, 4.69) is 4.98 Å². The number of benzene rings is 1. The molecule has 0 aliphatic carbocycles. The number of hydrogen-bond acceptors (Lipinski definition) is 5. The lowest BCUT2D eigenvalue weighted by Crippen LogP contribution is -1.92. The van der Waals surface area contributed by atoms with Crippen molar-refractivity contribution in [3.8, 4) is 29.2 Å². The summed E-state index contributed by atoms with van der Waals surface area (Å²) in [4.78, 5) is 4.03. The molecular weight excluding hydrogens is 232 g/mol. The van der Waals surface area contributed by atoms with E-state index in [0.29, 0.717) is 28.7 Å². The maximum Gasteiger partial charge on any atom is 0.231 e. The van der Waals surface area contributed by atoms with Crippen LogP contribution in [0.25, 0.3) is 0 Å². The molecule has 2 heterocycles. The van der Waals surface area contributed by atoms with Gasteiger partial charge in [-0.05, 0) is 18.2 Å². The number of fused-ring (bicyclic) bond motifs is 1. The number of rotatable bonds is 2. The van der Waals surface area contributed by atoms with Crippen molar-refractivity contribution in [3.05, 3.63) is 42.1 Å². The maximum absolute atomic E-state index is 8.79. The van der Waals surface area contributed by atoms with Gasteiger partial charge in [-0.1, -0.05) is 0 Å². The largest absolute Gasteiger partial charge is 0.454 e. The average molecular weight is 240 g/mol. The third kappa shape index (κ3) is 1.92. The Labute approximate surface area is 103 Å². The minimum Gasteiger partial charge on any atom is -0.454 e. The van der Waals surface area contributed by atoms with E-state index in [1.807, 2.05) is 6.07 Å². The van der Waals surface area contributed by atoms with Crippen LogP contribution in [-0.4, -0.2) is 11.8 Å². The standard InChI is InChI=1S/C13H8N2O3/c14-7-9-3-4-15-13(5-9)18-10-1-2-11-12(6-10)17-8-16-11/h1-6H,8H2. The molecule has 1 aromatic heterocycles. The molecule has 1 aromatic carbocycles. The zero-order valence-corrected chi connectivity index (χ0v) is 9.29. The van der Waals surface area contributed by atoms with Crippen LogP contribution in [0.2, 0.25) is 0 Å². The fourth-order valence-corrected chi connectivity index (χ4v) is 1.60. The van der Waals surface area contributed by atoms with E-state index in [9.17, 15) is 0 Å². The molecule has 3 rings (SSSR count). The highest BCUT2D eigenvalue weighted by atomic mass is 16.7. The van der Waals surface area contributed by atoms with E-state index in [0.717, 1.165) is 0 Å². The van der Waals surface area contributed by atoms with Gasteiger partial charge in [0.25, 0.3) is 0 Å². The molecule has 0 spiro atoms. The molecule has 0 radical (unpaired) electrons. The normalized spacial score (nSPS) is 11.9. The lowest BCUT2D eigenvalue weighted by atomic mass is 10.3. The molecule has 0 fully saturated rings. The van der Waals surface area contributed by atoms with Gasteiger partial charge in [-0.15, -0.1) is 0 Å². The Morgan fingerprint density at radius 1 is 1.17 bits per heavy atom. The van der Waals surface area contributed by atoms with Crippen molar-refractivity contribution in [1.82, 2.24) is 4.98 Å². The lowest BCUT2D eigenvalue weighted by molar-refractivity contribution is 0.174. The maximum atomic E-state index is 8.79. The second-order valence-corrected chi connectivity index (χ2v) is 3.61. The molecule has 0 saturated carbocycles. The van der Waals surface area contributed by atoms with Gasteiger partial charge < -0.3 is 14.2 Å². The zero-order chi connectivity index (χ0) is 12.4. The van der Waals surface area contributed by atoms with Crippen molar-refractivity contribution in [2.75, 3.05) is 6.79 Å². The van der Waals surface area contributed by atoms with Crippen molar-refractivity contribution in [2.24, 2.45) is 0 Å². The van der Waals surface area contributed by atoms with Crippen molar-refractivity contribution in [3.63, 3.8) is 0 Å². The monoisotopic (exact) mass is 240 g/mol. The zero-order valence-electron chi connectivity index (χ0n) is 9.29. The van der Waals surface area contributed by atoms with Crippen LogP contribution in [0, 0.1) is 11.3 Å². The highest BCUT2D eigenvalue weighted by Gasteiger charge is 2.14. The van der Waals surface area contributed by atoms with Gasteiger partial charge >= 0.3 is 0 Å². The van der Waals surface area contributed by atoms with Crippen LogP contribution < -0.4 is 14.2 Å². The predicted molar refractivity (Wildman–Crippen MR) is 61.6 cm³/mol. The Kier molecular flexibility index (Phi) is 2.47. The summed E-state index contributed by atoms with van der Waals surface area (Å²) in [6.07, 6.45) is 1.53. The summed E-state index contributed by atoms with van der Waals surface area (Å²) < 4.78 is 16.0. The molecule has 0 amide bonds. The van der Waals surface area contributed by atoms with Gasteiger partial charge in [0, 0.05) is 18.3 Å². The van der Waals surface area contributed by atoms with Gasteiger partial charge in [0.2, 0.25) is 12.7 Å². The summed E-state index contributed by atoms with van der Waals surface area (Å²) in [5.41, 5.74) is 0.501. The van der Waals surface area contributed by atoms with Crippen molar-refractivity contribution < 1.29 is 14.2 Å². The van der Waals surface area contributed by atoms with Gasteiger partial charge in [0.15, 0.2) is 11.5 Å². The Hall–Kier alpha value is -2.74. The number of pyridine rings is 1. The van der Waals surface area contributed by atoms with E-state index < -0.39 is 0 Å². The first-order valence-corrected chi connectivity index (χ1v) is 5.29. The molecule has 5 heteroatoms. The fourth-order valence-electron chi connectivity index (χ4n) is 1.60. The highest BCUT2D eigenvalue weighted by Crippen LogP contribution is 2.36. The number of ether oxygens (including phenoxy) is 3. The molecule has 18 heavy (non-hydrogen) atoms. The number of aromatic nitrogens is 1. The Morgan fingerprint density at radius 3 is 2.94 bits per heavy atom. The van der Waals surface area contributed by atoms with E-state index in [1.165, 1.54) is 6.20 Å². The molecule has 88 valence electrons. The first-order valence-electron chi connectivity index (χ1n) is 5.29. The minimum absolute atomic E-state index is 0.223.